The lowest BCUT2D eigenvalue weighted by Crippen LogP contribution is -2.28. The van der Waals surface area contributed by atoms with E-state index in [2.05, 4.69) is 20.3 Å². The zero-order chi connectivity index (χ0) is 13.0. The van der Waals surface area contributed by atoms with E-state index in [-0.39, 0.29) is 5.69 Å². The average Bonchev–Trinajstić information content (AvgIpc) is 3.06. The van der Waals surface area contributed by atoms with Gasteiger partial charge in [-0.25, -0.2) is 9.78 Å². The molecule has 0 radical (unpaired) electrons. The van der Waals surface area contributed by atoms with E-state index in [9.17, 15) is 4.79 Å². The quantitative estimate of drug-likeness (QED) is 0.851. The van der Waals surface area contributed by atoms with Gasteiger partial charge in [0.25, 0.3) is 0 Å². The van der Waals surface area contributed by atoms with Crippen LogP contribution in [0.5, 0.6) is 0 Å². The number of imidazole rings is 1. The van der Waals surface area contributed by atoms with E-state index < -0.39 is 0 Å². The molecule has 2 aromatic rings. The summed E-state index contributed by atoms with van der Waals surface area (Å²) in [5.74, 6) is 2.35. The molecule has 4 rings (SSSR count). The van der Waals surface area contributed by atoms with E-state index in [1.165, 1.54) is 25.7 Å². The first kappa shape index (κ1) is 11.0. The van der Waals surface area contributed by atoms with Gasteiger partial charge in [0.05, 0.1) is 6.33 Å². The number of nitrogens with one attached hydrogen (secondary N) is 2. The molecular weight excluding hydrogens is 242 g/mol. The van der Waals surface area contributed by atoms with Crippen molar-refractivity contribution in [3.8, 4) is 0 Å². The van der Waals surface area contributed by atoms with E-state index in [1.807, 2.05) is 7.05 Å². The summed E-state index contributed by atoms with van der Waals surface area (Å²) in [5, 5.41) is 3.50. The molecule has 6 heteroatoms. The lowest BCUT2D eigenvalue weighted by Gasteiger charge is -2.23. The minimum atomic E-state index is -0.318. The monoisotopic (exact) mass is 259 g/mol. The van der Waals surface area contributed by atoms with Gasteiger partial charge in [-0.1, -0.05) is 6.42 Å². The number of hydrogen-bond acceptors (Lipinski definition) is 4. The zero-order valence-corrected chi connectivity index (χ0v) is 10.9. The van der Waals surface area contributed by atoms with Crippen molar-refractivity contribution in [2.24, 2.45) is 18.9 Å². The van der Waals surface area contributed by atoms with Gasteiger partial charge in [0.15, 0.2) is 5.65 Å². The first-order valence-electron chi connectivity index (χ1n) is 6.88. The summed E-state index contributed by atoms with van der Waals surface area (Å²) in [6.07, 6.45) is 6.91. The Balaban J connectivity index is 1.73. The molecule has 2 heterocycles. The van der Waals surface area contributed by atoms with Gasteiger partial charge in [-0.05, 0) is 31.1 Å². The van der Waals surface area contributed by atoms with Crippen LogP contribution in [0.4, 0.5) is 5.82 Å². The van der Waals surface area contributed by atoms with Crippen LogP contribution in [0.3, 0.4) is 0 Å². The second kappa shape index (κ2) is 3.82. The molecule has 19 heavy (non-hydrogen) atoms. The maximum absolute atomic E-state index is 11.6. The highest BCUT2D eigenvalue weighted by atomic mass is 16.1. The average molecular weight is 259 g/mol. The number of nitrogens with zero attached hydrogens (tertiary/aromatic N) is 3. The first-order valence-corrected chi connectivity index (χ1v) is 6.88. The topological polar surface area (TPSA) is 75.6 Å². The van der Waals surface area contributed by atoms with Crippen molar-refractivity contribution in [3.63, 3.8) is 0 Å². The van der Waals surface area contributed by atoms with Crippen molar-refractivity contribution in [2.75, 3.05) is 5.32 Å². The second-order valence-electron chi connectivity index (χ2n) is 5.87. The Bertz CT molecular complexity index is 688. The van der Waals surface area contributed by atoms with Gasteiger partial charge in [0, 0.05) is 13.1 Å². The Kier molecular flexibility index (Phi) is 2.22. The summed E-state index contributed by atoms with van der Waals surface area (Å²) in [6.45, 7) is 0. The van der Waals surface area contributed by atoms with Crippen molar-refractivity contribution >= 4 is 17.0 Å². The van der Waals surface area contributed by atoms with Crippen LogP contribution >= 0.6 is 0 Å². The lowest BCUT2D eigenvalue weighted by molar-refractivity contribution is 0.439. The molecule has 3 atom stereocenters. The fourth-order valence-corrected chi connectivity index (χ4v) is 3.73. The fourth-order valence-electron chi connectivity index (χ4n) is 3.73. The van der Waals surface area contributed by atoms with Gasteiger partial charge >= 0.3 is 5.69 Å². The van der Waals surface area contributed by atoms with Crippen LogP contribution in [-0.2, 0) is 7.05 Å². The van der Waals surface area contributed by atoms with Crippen molar-refractivity contribution in [2.45, 2.75) is 31.7 Å². The van der Waals surface area contributed by atoms with Crippen LogP contribution in [0.25, 0.3) is 11.2 Å². The van der Waals surface area contributed by atoms with Gasteiger partial charge < -0.3 is 9.88 Å². The predicted octanol–water partition coefficient (Wildman–Crippen LogP) is 1.26. The molecular formula is C13H17N5O. The van der Waals surface area contributed by atoms with Crippen LogP contribution in [0.2, 0.25) is 0 Å². The number of aromatic amines is 1. The van der Waals surface area contributed by atoms with Crippen LogP contribution in [0, 0.1) is 11.8 Å². The van der Waals surface area contributed by atoms with E-state index in [1.54, 1.807) is 10.9 Å². The number of anilines is 1. The van der Waals surface area contributed by atoms with Crippen molar-refractivity contribution in [3.05, 3.63) is 16.8 Å². The summed E-state index contributed by atoms with van der Waals surface area (Å²) in [6, 6.07) is 0.474. The third kappa shape index (κ3) is 1.66. The molecule has 2 aromatic heterocycles. The number of aromatic nitrogens is 4. The summed E-state index contributed by atoms with van der Waals surface area (Å²) in [4.78, 5) is 22.7. The molecule has 0 amide bonds. The molecule has 100 valence electrons. The Morgan fingerprint density at radius 2 is 2.32 bits per heavy atom. The number of rotatable bonds is 2. The van der Waals surface area contributed by atoms with Gasteiger partial charge in [0.1, 0.15) is 11.3 Å². The van der Waals surface area contributed by atoms with E-state index >= 15 is 0 Å². The van der Waals surface area contributed by atoms with Crippen molar-refractivity contribution in [1.82, 2.24) is 19.5 Å². The molecule has 2 N–H and O–H groups in total. The summed E-state index contributed by atoms with van der Waals surface area (Å²) < 4.78 is 1.77. The Morgan fingerprint density at radius 3 is 3.05 bits per heavy atom. The summed E-state index contributed by atoms with van der Waals surface area (Å²) in [7, 11) is 1.85. The van der Waals surface area contributed by atoms with Crippen molar-refractivity contribution < 1.29 is 0 Å². The third-order valence-corrected chi connectivity index (χ3v) is 4.65. The Labute approximate surface area is 110 Å². The lowest BCUT2D eigenvalue weighted by atomic mass is 9.95. The molecule has 2 fully saturated rings. The molecule has 3 unspecified atom stereocenters. The standard InChI is InChI=1S/C13H17N5O/c1-18-6-14-10-11(16-13(19)17-12(10)18)15-9-5-7-2-3-8(9)4-7/h6-9H,2-5H2,1H3,(H2,15,16,17,19). The van der Waals surface area contributed by atoms with Crippen molar-refractivity contribution in [1.29, 1.82) is 0 Å². The predicted molar refractivity (Wildman–Crippen MR) is 72.0 cm³/mol. The molecule has 2 bridgehead atoms. The smallest absolute Gasteiger partial charge is 0.348 e. The molecule has 6 nitrogen and oxygen atoms in total. The highest BCUT2D eigenvalue weighted by Crippen LogP contribution is 2.45. The normalized spacial score (nSPS) is 29.2. The van der Waals surface area contributed by atoms with Crippen LogP contribution < -0.4 is 11.0 Å². The van der Waals surface area contributed by atoms with Gasteiger partial charge in [0.2, 0.25) is 0 Å². The third-order valence-electron chi connectivity index (χ3n) is 4.65. The van der Waals surface area contributed by atoms with Crippen LogP contribution in [-0.4, -0.2) is 25.6 Å². The van der Waals surface area contributed by atoms with E-state index in [0.717, 1.165) is 23.2 Å². The number of aryl methyl sites for hydroxylation is 1. The summed E-state index contributed by atoms with van der Waals surface area (Å²) >= 11 is 0. The molecule has 2 aliphatic carbocycles. The minimum absolute atomic E-state index is 0.318. The SMILES string of the molecule is Cn1cnc2c(NC3CC4CCC3C4)[nH]c(=O)nc21. The molecule has 0 spiro atoms. The highest BCUT2D eigenvalue weighted by Gasteiger charge is 2.39. The van der Waals surface area contributed by atoms with Gasteiger partial charge in [-0.3, -0.25) is 4.98 Å². The summed E-state index contributed by atoms with van der Waals surface area (Å²) in [5.41, 5.74) is 1.07. The maximum Gasteiger partial charge on any atom is 0.348 e. The van der Waals surface area contributed by atoms with Gasteiger partial charge in [-0.2, -0.15) is 4.98 Å². The maximum atomic E-state index is 11.6. The van der Waals surface area contributed by atoms with E-state index in [0.29, 0.717) is 11.7 Å². The number of fused-ring (bicyclic) bond motifs is 3. The highest BCUT2D eigenvalue weighted by molar-refractivity contribution is 5.82. The number of H-pyrrole nitrogens is 1. The largest absolute Gasteiger partial charge is 0.367 e. The number of hydrogen-bond donors (Lipinski definition) is 2. The first-order chi connectivity index (χ1) is 9.20. The van der Waals surface area contributed by atoms with Gasteiger partial charge in [-0.15, -0.1) is 0 Å². The Morgan fingerprint density at radius 1 is 1.42 bits per heavy atom. The van der Waals surface area contributed by atoms with Crippen LogP contribution in [0.1, 0.15) is 25.7 Å². The Hall–Kier alpha value is -1.85. The zero-order valence-electron chi connectivity index (χ0n) is 10.9. The van der Waals surface area contributed by atoms with E-state index in [4.69, 9.17) is 0 Å². The minimum Gasteiger partial charge on any atom is -0.367 e. The molecule has 0 saturated heterocycles. The molecule has 0 aromatic carbocycles. The molecule has 2 aliphatic rings. The molecule has 2 saturated carbocycles. The second-order valence-corrected chi connectivity index (χ2v) is 5.87. The van der Waals surface area contributed by atoms with Crippen LogP contribution in [0.15, 0.2) is 11.1 Å². The molecule has 0 aliphatic heterocycles. The fraction of sp³-hybridized carbons (Fsp3) is 0.615.